The Morgan fingerprint density at radius 1 is 0.788 bits per heavy atom. The Bertz CT molecular complexity index is 1780. The van der Waals surface area contributed by atoms with Crippen LogP contribution in [0.3, 0.4) is 0 Å². The summed E-state index contributed by atoms with van der Waals surface area (Å²) in [6.45, 7) is 3.51. The van der Waals surface area contributed by atoms with Crippen LogP contribution in [0.4, 0.5) is 4.79 Å². The van der Waals surface area contributed by atoms with E-state index in [0.717, 1.165) is 83.4 Å². The molecule has 4 aromatic carbocycles. The van der Waals surface area contributed by atoms with Gasteiger partial charge >= 0.3 is 6.03 Å². The van der Waals surface area contributed by atoms with Crippen molar-refractivity contribution in [1.29, 1.82) is 0 Å². The first-order chi connectivity index (χ1) is 25.3. The molecule has 4 aromatic rings. The number of rotatable bonds is 11. The third-order valence-electron chi connectivity index (χ3n) is 12.4. The van der Waals surface area contributed by atoms with Gasteiger partial charge in [-0.3, -0.25) is 4.90 Å². The molecule has 4 bridgehead atoms. The third kappa shape index (κ3) is 7.84. The molecule has 0 unspecified atom stereocenters. The fourth-order valence-electron chi connectivity index (χ4n) is 9.92. The highest BCUT2D eigenvalue weighted by Crippen LogP contribution is 2.55. The predicted octanol–water partition coefficient (Wildman–Crippen LogP) is 8.85. The van der Waals surface area contributed by atoms with Gasteiger partial charge in [-0.05, 0) is 110 Å². The number of carbonyl (C=O) groups excluding carboxylic acids is 1. The molecule has 0 aromatic heterocycles. The summed E-state index contributed by atoms with van der Waals surface area (Å²) in [7, 11) is 2.16. The maximum absolute atomic E-state index is 13.1. The minimum atomic E-state index is -0.515. The maximum atomic E-state index is 13.1. The van der Waals surface area contributed by atoms with Crippen LogP contribution in [-0.4, -0.2) is 41.3 Å². The highest BCUT2D eigenvalue weighted by Gasteiger charge is 2.51. The van der Waals surface area contributed by atoms with Crippen molar-refractivity contribution in [3.8, 4) is 11.1 Å². The molecule has 1 heterocycles. The number of likely N-dealkylation sites (N-methyl/N-ethyl adjacent to an activating group) is 1. The van der Waals surface area contributed by atoms with E-state index in [9.17, 15) is 9.90 Å². The number of nitrogens with zero attached hydrogens (tertiary/aromatic N) is 1. The van der Waals surface area contributed by atoms with Gasteiger partial charge in [0.05, 0.1) is 18.8 Å². The summed E-state index contributed by atoms with van der Waals surface area (Å²) in [5.74, 6) is 2.40. The molecule has 2 amide bonds. The number of hydrogen-bond donors (Lipinski definition) is 3. The number of amides is 2. The topological polar surface area (TPSA) is 83.1 Å². The van der Waals surface area contributed by atoms with Crippen LogP contribution < -0.4 is 10.6 Å². The Hall–Kier alpha value is -4.01. The first kappa shape index (κ1) is 35.0. The van der Waals surface area contributed by atoms with Crippen LogP contribution in [0.25, 0.3) is 11.1 Å². The second kappa shape index (κ2) is 15.2. The molecule has 1 saturated heterocycles. The second-order valence-electron chi connectivity index (χ2n) is 16.2. The Morgan fingerprint density at radius 3 is 2.13 bits per heavy atom. The predicted molar refractivity (Wildman–Crippen MR) is 204 cm³/mol. The lowest BCUT2D eigenvalue weighted by Gasteiger charge is -2.56. The summed E-state index contributed by atoms with van der Waals surface area (Å²) < 4.78 is 13.3. The molecule has 5 aliphatic rings. The molecule has 4 aliphatic carbocycles. The van der Waals surface area contributed by atoms with Gasteiger partial charge in [-0.15, -0.1) is 0 Å². The van der Waals surface area contributed by atoms with Crippen LogP contribution in [0, 0.1) is 17.8 Å². The van der Waals surface area contributed by atoms with Crippen molar-refractivity contribution in [2.45, 2.75) is 95.1 Å². The standard InChI is InChI=1S/C45H53N3O4/c1-30(36-8-4-3-5-9-36)48(2)28-41-23-42(38-13-11-31(29-49)12-14-38)52-43(51-41)39-17-15-37(16-18-39)40-10-6-7-32(22-40)27-46-44(50)47-45-24-33-19-34(25-45)21-35(20-33)26-45/h3-18,22,30,33-35,41-43,49H,19-21,23-29H2,1-2H3,(H2,46,47,50)/t30-,33?,34?,35?,41-,42+,43+,45?/m0/s1. The quantitative estimate of drug-likeness (QED) is 0.146. The summed E-state index contributed by atoms with van der Waals surface area (Å²) in [5.41, 5.74) is 7.52. The van der Waals surface area contributed by atoms with Gasteiger partial charge in [-0.25, -0.2) is 4.79 Å². The number of hydrogen-bond acceptors (Lipinski definition) is 5. The lowest BCUT2D eigenvalue weighted by Crippen LogP contribution is -2.61. The lowest BCUT2D eigenvalue weighted by molar-refractivity contribution is -0.253. The molecule has 0 spiro atoms. The number of nitrogens with one attached hydrogen (secondary N) is 2. The van der Waals surface area contributed by atoms with Gasteiger partial charge in [-0.2, -0.15) is 0 Å². The molecule has 4 atom stereocenters. The first-order valence-corrected chi connectivity index (χ1v) is 19.3. The van der Waals surface area contributed by atoms with Gasteiger partial charge in [-0.1, -0.05) is 97.1 Å². The Kier molecular flexibility index (Phi) is 10.2. The normalized spacial score (nSPS) is 28.5. The molecule has 7 nitrogen and oxygen atoms in total. The van der Waals surface area contributed by atoms with E-state index in [-0.39, 0.29) is 36.4 Å². The van der Waals surface area contributed by atoms with E-state index >= 15 is 0 Å². The van der Waals surface area contributed by atoms with Gasteiger partial charge in [0.15, 0.2) is 6.29 Å². The molecule has 7 heteroatoms. The number of carbonyl (C=O) groups is 1. The van der Waals surface area contributed by atoms with Crippen molar-refractivity contribution >= 4 is 6.03 Å². The van der Waals surface area contributed by atoms with E-state index in [4.69, 9.17) is 9.47 Å². The highest BCUT2D eigenvalue weighted by atomic mass is 16.7. The average Bonchev–Trinajstić information content (AvgIpc) is 3.16. The largest absolute Gasteiger partial charge is 0.392 e. The summed E-state index contributed by atoms with van der Waals surface area (Å²) >= 11 is 0. The van der Waals surface area contributed by atoms with E-state index in [0.29, 0.717) is 6.54 Å². The molecular weight excluding hydrogens is 647 g/mol. The SMILES string of the molecule is C[C@@H](c1ccccc1)N(C)C[C@@H]1C[C@H](c2ccc(CO)cc2)O[C@H](c2ccc(-c3cccc(CNC(=O)NC45CC6CC(CC(C6)C4)C5)c3)cc2)O1. The molecule has 9 rings (SSSR count). The highest BCUT2D eigenvalue weighted by molar-refractivity contribution is 5.75. The van der Waals surface area contributed by atoms with E-state index in [1.54, 1.807) is 0 Å². The Balaban J connectivity index is 0.929. The number of urea groups is 1. The molecule has 4 saturated carbocycles. The first-order valence-electron chi connectivity index (χ1n) is 19.3. The number of benzene rings is 4. The maximum Gasteiger partial charge on any atom is 0.315 e. The molecule has 1 aliphatic heterocycles. The van der Waals surface area contributed by atoms with E-state index in [2.05, 4.69) is 121 Å². The van der Waals surface area contributed by atoms with Gasteiger partial charge in [0.25, 0.3) is 0 Å². The van der Waals surface area contributed by atoms with Gasteiger partial charge in [0, 0.05) is 36.7 Å². The zero-order valence-corrected chi connectivity index (χ0v) is 30.5. The Morgan fingerprint density at radius 2 is 1.46 bits per heavy atom. The zero-order chi connectivity index (χ0) is 35.7. The van der Waals surface area contributed by atoms with Crippen molar-refractivity contribution in [2.24, 2.45) is 17.8 Å². The van der Waals surface area contributed by atoms with Gasteiger partial charge in [0.1, 0.15) is 0 Å². The number of aliphatic hydroxyl groups is 1. The molecule has 52 heavy (non-hydrogen) atoms. The third-order valence-corrected chi connectivity index (χ3v) is 12.4. The van der Waals surface area contributed by atoms with Crippen LogP contribution in [-0.2, 0) is 22.6 Å². The van der Waals surface area contributed by atoms with Crippen molar-refractivity contribution in [1.82, 2.24) is 15.5 Å². The van der Waals surface area contributed by atoms with Crippen LogP contribution in [0.15, 0.2) is 103 Å². The monoisotopic (exact) mass is 699 g/mol. The van der Waals surface area contributed by atoms with E-state index in [1.807, 2.05) is 12.1 Å². The molecule has 5 fully saturated rings. The molecule has 3 N–H and O–H groups in total. The van der Waals surface area contributed by atoms with Crippen LogP contribution in [0.2, 0.25) is 0 Å². The Labute approximate surface area is 308 Å². The summed E-state index contributed by atoms with van der Waals surface area (Å²) in [6, 6.07) is 35.7. The fraction of sp³-hybridized carbons (Fsp3) is 0.444. The summed E-state index contributed by atoms with van der Waals surface area (Å²) in [5, 5.41) is 16.2. The minimum absolute atomic E-state index is 0.00920. The second-order valence-corrected chi connectivity index (χ2v) is 16.2. The average molecular weight is 700 g/mol. The fourth-order valence-corrected chi connectivity index (χ4v) is 9.92. The molecule has 0 radical (unpaired) electrons. The molecule has 272 valence electrons. The lowest BCUT2D eigenvalue weighted by atomic mass is 9.53. The van der Waals surface area contributed by atoms with E-state index < -0.39 is 6.29 Å². The van der Waals surface area contributed by atoms with Crippen LogP contribution >= 0.6 is 0 Å². The van der Waals surface area contributed by atoms with E-state index in [1.165, 1.54) is 24.8 Å². The van der Waals surface area contributed by atoms with Crippen molar-refractivity contribution in [3.05, 3.63) is 131 Å². The van der Waals surface area contributed by atoms with Crippen LogP contribution in [0.1, 0.15) is 98.1 Å². The number of aliphatic hydroxyl groups excluding tert-OH is 1. The van der Waals surface area contributed by atoms with Gasteiger partial charge in [0.2, 0.25) is 0 Å². The van der Waals surface area contributed by atoms with Crippen LogP contribution in [0.5, 0.6) is 0 Å². The summed E-state index contributed by atoms with van der Waals surface area (Å²) in [6.07, 6.45) is 7.59. The van der Waals surface area contributed by atoms with Crippen molar-refractivity contribution < 1.29 is 19.4 Å². The molecular formula is C45H53N3O4. The summed E-state index contributed by atoms with van der Waals surface area (Å²) in [4.78, 5) is 15.5. The minimum Gasteiger partial charge on any atom is -0.392 e. The smallest absolute Gasteiger partial charge is 0.315 e. The van der Waals surface area contributed by atoms with Crippen molar-refractivity contribution in [2.75, 3.05) is 13.6 Å². The number of ether oxygens (including phenoxy) is 2. The zero-order valence-electron chi connectivity index (χ0n) is 30.5. The van der Waals surface area contributed by atoms with Gasteiger partial charge < -0.3 is 25.2 Å². The van der Waals surface area contributed by atoms with Crippen molar-refractivity contribution in [3.63, 3.8) is 0 Å².